The second kappa shape index (κ2) is 8.00. The molecule has 2 aromatic carbocycles. The van der Waals surface area contributed by atoms with Gasteiger partial charge in [-0.3, -0.25) is 24.2 Å². The van der Waals surface area contributed by atoms with Gasteiger partial charge < -0.3 is 4.74 Å². The first-order valence-electron chi connectivity index (χ1n) is 10.9. The van der Waals surface area contributed by atoms with Crippen molar-refractivity contribution < 1.29 is 32.3 Å². The van der Waals surface area contributed by atoms with Crippen LogP contribution >= 0.6 is 0 Å². The topological polar surface area (TPSA) is 66.9 Å². The minimum atomic E-state index is -4.62. The summed E-state index contributed by atoms with van der Waals surface area (Å²) in [6.45, 7) is -0.471. The zero-order valence-electron chi connectivity index (χ0n) is 18.2. The van der Waals surface area contributed by atoms with Crippen molar-refractivity contribution in [2.24, 2.45) is 23.7 Å². The molecule has 2 aliphatic carbocycles. The van der Waals surface area contributed by atoms with Crippen molar-refractivity contribution in [3.8, 4) is 5.75 Å². The number of nitrogens with zero attached hydrogens (tertiary/aromatic N) is 2. The molecule has 0 aromatic heterocycles. The van der Waals surface area contributed by atoms with Gasteiger partial charge in [-0.2, -0.15) is 13.2 Å². The minimum absolute atomic E-state index is 0.0208. The van der Waals surface area contributed by atoms with Crippen LogP contribution in [-0.4, -0.2) is 36.4 Å². The van der Waals surface area contributed by atoms with Crippen LogP contribution in [0.4, 0.5) is 18.9 Å². The number of imide groups is 1. The van der Waals surface area contributed by atoms with Crippen LogP contribution in [0, 0.1) is 23.7 Å². The summed E-state index contributed by atoms with van der Waals surface area (Å²) in [5.41, 5.74) is -0.856. The molecule has 34 heavy (non-hydrogen) atoms. The number of hydrogen-bond donors (Lipinski definition) is 0. The highest BCUT2D eigenvalue weighted by molar-refractivity contribution is 6.10. The quantitative estimate of drug-likeness (QED) is 0.487. The van der Waals surface area contributed by atoms with Crippen LogP contribution in [0.3, 0.4) is 0 Å². The largest absolute Gasteiger partial charge is 0.497 e. The first-order chi connectivity index (χ1) is 16.2. The molecule has 5 rings (SSSR count). The number of anilines is 1. The summed E-state index contributed by atoms with van der Waals surface area (Å²) < 4.78 is 45.3. The number of methoxy groups -OCH3 is 1. The first-order valence-corrected chi connectivity index (χ1v) is 10.9. The van der Waals surface area contributed by atoms with Crippen molar-refractivity contribution >= 4 is 23.4 Å². The molecule has 1 saturated heterocycles. The molecule has 0 unspecified atom stereocenters. The number of amides is 3. The zero-order valence-corrected chi connectivity index (χ0v) is 18.2. The lowest BCUT2D eigenvalue weighted by Crippen LogP contribution is -2.45. The number of hydrogen-bond acceptors (Lipinski definition) is 4. The van der Waals surface area contributed by atoms with E-state index < -0.39 is 36.2 Å². The summed E-state index contributed by atoms with van der Waals surface area (Å²) in [6, 6.07) is 10.4. The normalized spacial score (nSPS) is 25.1. The lowest BCUT2D eigenvalue weighted by atomic mass is 9.85. The van der Waals surface area contributed by atoms with Gasteiger partial charge in [-0.1, -0.05) is 24.3 Å². The molecule has 0 spiro atoms. The molecule has 3 aliphatic rings. The Morgan fingerprint density at radius 1 is 1.03 bits per heavy atom. The molecule has 2 fully saturated rings. The Bertz CT molecular complexity index is 1180. The fraction of sp³-hybridized carbons (Fsp3) is 0.320. The second-order valence-corrected chi connectivity index (χ2v) is 8.76. The molecule has 2 aromatic rings. The van der Waals surface area contributed by atoms with Gasteiger partial charge >= 0.3 is 6.18 Å². The molecule has 0 N–H and O–H groups in total. The highest BCUT2D eigenvalue weighted by Gasteiger charge is 2.59. The number of fused-ring (bicyclic) bond motifs is 5. The maximum absolute atomic E-state index is 13.5. The van der Waals surface area contributed by atoms with Gasteiger partial charge in [0.2, 0.25) is 11.8 Å². The van der Waals surface area contributed by atoms with Gasteiger partial charge in [0.05, 0.1) is 24.5 Å². The van der Waals surface area contributed by atoms with E-state index in [0.717, 1.165) is 28.4 Å². The Morgan fingerprint density at radius 3 is 2.29 bits per heavy atom. The number of ether oxygens (including phenoxy) is 1. The maximum atomic E-state index is 13.5. The van der Waals surface area contributed by atoms with E-state index in [1.165, 1.54) is 31.4 Å². The van der Waals surface area contributed by atoms with Crippen molar-refractivity contribution in [3.63, 3.8) is 0 Å². The number of carbonyl (C=O) groups is 3. The number of alkyl halides is 3. The molecule has 9 heteroatoms. The third-order valence-corrected chi connectivity index (χ3v) is 6.89. The molecule has 2 bridgehead atoms. The fourth-order valence-corrected chi connectivity index (χ4v) is 5.27. The van der Waals surface area contributed by atoms with Crippen molar-refractivity contribution in [1.82, 2.24) is 4.90 Å². The van der Waals surface area contributed by atoms with E-state index in [1.54, 1.807) is 12.1 Å². The van der Waals surface area contributed by atoms with Gasteiger partial charge in [0.1, 0.15) is 12.4 Å². The van der Waals surface area contributed by atoms with Crippen molar-refractivity contribution in [2.45, 2.75) is 12.6 Å². The minimum Gasteiger partial charge on any atom is -0.497 e. The zero-order chi connectivity index (χ0) is 24.2. The summed E-state index contributed by atoms with van der Waals surface area (Å²) in [6.07, 6.45) is 0.0293. The summed E-state index contributed by atoms with van der Waals surface area (Å²) in [4.78, 5) is 41.9. The van der Waals surface area contributed by atoms with Gasteiger partial charge in [-0.25, -0.2) is 0 Å². The predicted molar refractivity (Wildman–Crippen MR) is 116 cm³/mol. The summed E-state index contributed by atoms with van der Waals surface area (Å²) in [5.74, 6) is -2.03. The maximum Gasteiger partial charge on any atom is 0.416 e. The number of rotatable bonds is 5. The van der Waals surface area contributed by atoms with Crippen molar-refractivity contribution in [2.75, 3.05) is 18.7 Å². The number of halogens is 3. The summed E-state index contributed by atoms with van der Waals surface area (Å²) in [7, 11) is 1.43. The molecular formula is C25H21F3N2O4. The van der Waals surface area contributed by atoms with Gasteiger partial charge in [-0.15, -0.1) is 0 Å². The van der Waals surface area contributed by atoms with Crippen LogP contribution in [0.2, 0.25) is 0 Å². The number of carbonyl (C=O) groups excluding carboxylic acids is 3. The lowest BCUT2D eigenvalue weighted by Gasteiger charge is -2.28. The van der Waals surface area contributed by atoms with E-state index in [9.17, 15) is 27.6 Å². The lowest BCUT2D eigenvalue weighted by molar-refractivity contribution is -0.141. The smallest absolute Gasteiger partial charge is 0.416 e. The molecule has 6 nitrogen and oxygen atoms in total. The standard InChI is InChI=1S/C25H21F3N2O4/c1-34-19-7-2-4-16(11-19)22(31)29(18-6-3-5-17(12-18)25(26,27)28)13-30-23(32)20-14-8-9-15(10-14)21(20)24(30)33/h2-9,11-12,14-15,20-21H,10,13H2,1H3/t14-,15-,20-,21+/m0/s1. The Hall–Kier alpha value is -3.62. The van der Waals surface area contributed by atoms with Crippen molar-refractivity contribution in [3.05, 3.63) is 71.8 Å². The number of allylic oxidation sites excluding steroid dienone is 2. The molecular weight excluding hydrogens is 449 g/mol. The van der Waals surface area contributed by atoms with Crippen LogP contribution in [0.15, 0.2) is 60.7 Å². The molecule has 1 aliphatic heterocycles. The highest BCUT2D eigenvalue weighted by Crippen LogP contribution is 2.52. The van der Waals surface area contributed by atoms with E-state index >= 15 is 0 Å². The van der Waals surface area contributed by atoms with Crippen LogP contribution in [0.25, 0.3) is 0 Å². The Balaban J connectivity index is 1.52. The molecule has 176 valence electrons. The SMILES string of the molecule is COc1cccc(C(=O)N(CN2C(=O)[C@@H]3[C@H](C2=O)[C@H]2C=C[C@H]3C2)c2cccc(C(F)(F)F)c2)c1. The first kappa shape index (κ1) is 22.2. The van der Waals surface area contributed by atoms with Gasteiger partial charge in [0.25, 0.3) is 5.91 Å². The van der Waals surface area contributed by atoms with E-state index in [4.69, 9.17) is 4.74 Å². The Morgan fingerprint density at radius 2 is 1.68 bits per heavy atom. The third-order valence-electron chi connectivity index (χ3n) is 6.89. The number of likely N-dealkylation sites (tertiary alicyclic amines) is 1. The Labute approximate surface area is 193 Å². The van der Waals surface area contributed by atoms with E-state index in [0.29, 0.717) is 5.75 Å². The van der Waals surface area contributed by atoms with Gasteiger partial charge in [-0.05, 0) is 54.7 Å². The highest BCUT2D eigenvalue weighted by atomic mass is 19.4. The molecule has 4 atom stereocenters. The molecule has 3 amide bonds. The fourth-order valence-electron chi connectivity index (χ4n) is 5.27. The van der Waals surface area contributed by atoms with E-state index in [-0.39, 0.29) is 34.9 Å². The van der Waals surface area contributed by atoms with Crippen LogP contribution in [0.5, 0.6) is 5.75 Å². The third kappa shape index (κ3) is 3.55. The predicted octanol–water partition coefficient (Wildman–Crippen LogP) is 4.13. The summed E-state index contributed by atoms with van der Waals surface area (Å²) in [5, 5.41) is 0. The Kier molecular flexibility index (Phi) is 5.22. The second-order valence-electron chi connectivity index (χ2n) is 8.76. The van der Waals surface area contributed by atoms with Crippen LogP contribution < -0.4 is 9.64 Å². The average Bonchev–Trinajstić information content (AvgIpc) is 3.51. The van der Waals surface area contributed by atoms with Crippen LogP contribution in [0.1, 0.15) is 22.3 Å². The number of benzene rings is 2. The van der Waals surface area contributed by atoms with E-state index in [2.05, 4.69) is 0 Å². The monoisotopic (exact) mass is 470 g/mol. The average molecular weight is 470 g/mol. The van der Waals surface area contributed by atoms with Crippen LogP contribution in [-0.2, 0) is 15.8 Å². The van der Waals surface area contributed by atoms with Gasteiger partial charge in [0, 0.05) is 11.3 Å². The van der Waals surface area contributed by atoms with Crippen molar-refractivity contribution in [1.29, 1.82) is 0 Å². The summed E-state index contributed by atoms with van der Waals surface area (Å²) >= 11 is 0. The van der Waals surface area contributed by atoms with Gasteiger partial charge in [0.15, 0.2) is 0 Å². The molecule has 1 heterocycles. The molecule has 1 saturated carbocycles. The van der Waals surface area contributed by atoms with E-state index in [1.807, 2.05) is 12.2 Å². The molecule has 0 radical (unpaired) electrons.